The summed E-state index contributed by atoms with van der Waals surface area (Å²) in [6.45, 7) is 4.91. The number of nitrogens with one attached hydrogen (secondary N) is 2. The molecule has 2 aromatic rings. The monoisotopic (exact) mass is 360 g/mol. The van der Waals surface area contributed by atoms with Gasteiger partial charge in [-0.3, -0.25) is 9.59 Å². The van der Waals surface area contributed by atoms with Crippen LogP contribution in [0.25, 0.3) is 11.0 Å². The number of carbonyl (C=O) groups excluding carboxylic acids is 2. The van der Waals surface area contributed by atoms with Gasteiger partial charge in [-0.2, -0.15) is 0 Å². The molecule has 2 unspecified atom stereocenters. The summed E-state index contributed by atoms with van der Waals surface area (Å²) in [6, 6.07) is -0.732. The van der Waals surface area contributed by atoms with Crippen LogP contribution in [0.1, 0.15) is 36.2 Å². The van der Waals surface area contributed by atoms with Gasteiger partial charge in [0.15, 0.2) is 0 Å². The molecule has 26 heavy (non-hydrogen) atoms. The number of halogens is 1. The van der Waals surface area contributed by atoms with Crippen LogP contribution >= 0.6 is 0 Å². The highest BCUT2D eigenvalue weighted by atomic mass is 19.1. The summed E-state index contributed by atoms with van der Waals surface area (Å²) in [5, 5.41) is 3.48. The van der Waals surface area contributed by atoms with Crippen molar-refractivity contribution in [3.63, 3.8) is 0 Å². The number of rotatable bonds is 4. The highest BCUT2D eigenvalue weighted by Gasteiger charge is 2.39. The van der Waals surface area contributed by atoms with E-state index >= 15 is 0 Å². The zero-order valence-electron chi connectivity index (χ0n) is 14.7. The van der Waals surface area contributed by atoms with E-state index in [4.69, 9.17) is 4.74 Å². The maximum absolute atomic E-state index is 14.4. The smallest absolute Gasteiger partial charge is 0.257 e. The number of carbonyl (C=O) groups is 2. The maximum Gasteiger partial charge on any atom is 0.257 e. The van der Waals surface area contributed by atoms with E-state index in [2.05, 4.69) is 15.3 Å². The van der Waals surface area contributed by atoms with Crippen LogP contribution in [0.5, 0.6) is 0 Å². The highest BCUT2D eigenvalue weighted by Crippen LogP contribution is 2.32. The molecule has 2 aromatic heterocycles. The van der Waals surface area contributed by atoms with Crippen molar-refractivity contribution in [1.82, 2.24) is 20.2 Å². The second kappa shape index (κ2) is 6.35. The molecule has 4 rings (SSSR count). The zero-order valence-corrected chi connectivity index (χ0v) is 14.7. The van der Waals surface area contributed by atoms with Crippen LogP contribution in [0.2, 0.25) is 0 Å². The van der Waals surface area contributed by atoms with Gasteiger partial charge in [-0.15, -0.1) is 0 Å². The fourth-order valence-electron chi connectivity index (χ4n) is 3.82. The molecule has 0 aliphatic carbocycles. The summed E-state index contributed by atoms with van der Waals surface area (Å²) >= 11 is 0. The Morgan fingerprint density at radius 1 is 1.50 bits per heavy atom. The van der Waals surface area contributed by atoms with Gasteiger partial charge >= 0.3 is 0 Å². The summed E-state index contributed by atoms with van der Waals surface area (Å²) < 4.78 is 19.7. The van der Waals surface area contributed by atoms with E-state index in [9.17, 15) is 14.0 Å². The number of amides is 2. The SMILES string of the molecule is CC(C)C(C(=O)NC1CCOC1)N1Cc2c(F)cnc3[nH]cc(c23)C1=O. The predicted octanol–water partition coefficient (Wildman–Crippen LogP) is 1.59. The van der Waals surface area contributed by atoms with Crippen LogP contribution < -0.4 is 5.32 Å². The third kappa shape index (κ3) is 2.65. The van der Waals surface area contributed by atoms with Crippen LogP contribution in [0.4, 0.5) is 4.39 Å². The van der Waals surface area contributed by atoms with E-state index in [-0.39, 0.29) is 30.3 Å². The Hall–Kier alpha value is -2.48. The van der Waals surface area contributed by atoms with Gasteiger partial charge in [0.1, 0.15) is 17.5 Å². The summed E-state index contributed by atoms with van der Waals surface area (Å²) in [7, 11) is 0. The first-order valence-electron chi connectivity index (χ1n) is 8.81. The molecule has 0 aromatic carbocycles. The van der Waals surface area contributed by atoms with E-state index < -0.39 is 11.9 Å². The van der Waals surface area contributed by atoms with Crippen molar-refractivity contribution in [3.05, 3.63) is 29.3 Å². The molecule has 0 saturated carbocycles. The average Bonchev–Trinajstić information content (AvgIpc) is 3.24. The van der Waals surface area contributed by atoms with Crippen LogP contribution in [-0.4, -0.2) is 52.0 Å². The number of pyridine rings is 1. The van der Waals surface area contributed by atoms with E-state index in [0.717, 1.165) is 12.6 Å². The fourth-order valence-corrected chi connectivity index (χ4v) is 3.82. The van der Waals surface area contributed by atoms with Crippen molar-refractivity contribution >= 4 is 22.8 Å². The van der Waals surface area contributed by atoms with Crippen molar-refractivity contribution in [3.8, 4) is 0 Å². The molecule has 0 radical (unpaired) electrons. The van der Waals surface area contributed by atoms with Crippen LogP contribution in [-0.2, 0) is 16.1 Å². The van der Waals surface area contributed by atoms with E-state index in [1.54, 1.807) is 0 Å². The molecule has 7 nitrogen and oxygen atoms in total. The Bertz CT molecular complexity index is 873. The van der Waals surface area contributed by atoms with Crippen molar-refractivity contribution in [2.45, 2.75) is 38.9 Å². The van der Waals surface area contributed by atoms with Gasteiger partial charge in [0.25, 0.3) is 5.91 Å². The third-order valence-electron chi connectivity index (χ3n) is 5.09. The molecule has 8 heteroatoms. The summed E-state index contributed by atoms with van der Waals surface area (Å²) in [6.07, 6.45) is 3.44. The number of aromatic nitrogens is 2. The minimum absolute atomic E-state index is 0.0455. The Kier molecular flexibility index (Phi) is 4.14. The molecule has 138 valence electrons. The number of ether oxygens (including phenoxy) is 1. The van der Waals surface area contributed by atoms with Gasteiger partial charge in [-0.05, 0) is 12.3 Å². The summed E-state index contributed by atoms with van der Waals surface area (Å²) in [5.41, 5.74) is 1.24. The Morgan fingerprint density at radius 3 is 3.00 bits per heavy atom. The molecule has 1 saturated heterocycles. The molecule has 2 aliphatic rings. The lowest BCUT2D eigenvalue weighted by atomic mass is 9.95. The number of hydrogen-bond acceptors (Lipinski definition) is 4. The van der Waals surface area contributed by atoms with Gasteiger partial charge in [-0.25, -0.2) is 9.37 Å². The number of aromatic amines is 1. The minimum Gasteiger partial charge on any atom is -0.379 e. The second-order valence-corrected chi connectivity index (χ2v) is 7.20. The Labute approximate surface area is 149 Å². The average molecular weight is 360 g/mol. The van der Waals surface area contributed by atoms with Crippen molar-refractivity contribution in [1.29, 1.82) is 0 Å². The summed E-state index contributed by atoms with van der Waals surface area (Å²) in [5.74, 6) is -1.11. The first kappa shape index (κ1) is 17.0. The largest absolute Gasteiger partial charge is 0.379 e. The number of nitrogens with zero attached hydrogens (tertiary/aromatic N) is 2. The molecular weight excluding hydrogens is 339 g/mol. The van der Waals surface area contributed by atoms with Crippen molar-refractivity contribution < 1.29 is 18.7 Å². The molecule has 0 bridgehead atoms. The molecule has 2 aliphatic heterocycles. The van der Waals surface area contributed by atoms with E-state index in [0.29, 0.717) is 35.4 Å². The molecule has 2 atom stereocenters. The first-order chi connectivity index (χ1) is 12.5. The molecule has 1 fully saturated rings. The quantitative estimate of drug-likeness (QED) is 0.867. The fraction of sp³-hybridized carbons (Fsp3) is 0.500. The Morgan fingerprint density at radius 2 is 2.31 bits per heavy atom. The molecule has 2 N–H and O–H groups in total. The van der Waals surface area contributed by atoms with Gasteiger partial charge < -0.3 is 19.9 Å². The van der Waals surface area contributed by atoms with Crippen LogP contribution in [0, 0.1) is 11.7 Å². The lowest BCUT2D eigenvalue weighted by Crippen LogP contribution is -2.54. The van der Waals surface area contributed by atoms with E-state index in [1.807, 2.05) is 13.8 Å². The predicted molar refractivity (Wildman–Crippen MR) is 91.9 cm³/mol. The second-order valence-electron chi connectivity index (χ2n) is 7.20. The van der Waals surface area contributed by atoms with E-state index in [1.165, 1.54) is 11.1 Å². The van der Waals surface area contributed by atoms with Gasteiger partial charge in [0.2, 0.25) is 5.91 Å². The standard InChI is InChI=1S/C18H21FN4O3/c1-9(2)15(17(24)22-10-3-4-26-8-10)23-7-12-13(19)6-21-16-14(12)11(5-20-16)18(23)25/h5-6,9-10,15H,3-4,7-8H2,1-2H3,(H,20,21)(H,22,24). The molecule has 0 spiro atoms. The van der Waals surface area contributed by atoms with Crippen molar-refractivity contribution in [2.75, 3.05) is 13.2 Å². The Balaban J connectivity index is 1.68. The molecular formula is C18H21FN4O3. The lowest BCUT2D eigenvalue weighted by molar-refractivity contribution is -0.128. The van der Waals surface area contributed by atoms with Gasteiger partial charge in [0, 0.05) is 23.8 Å². The molecule has 4 heterocycles. The number of hydrogen-bond donors (Lipinski definition) is 2. The minimum atomic E-state index is -0.686. The normalized spacial score (nSPS) is 20.8. The lowest BCUT2D eigenvalue weighted by Gasteiger charge is -2.36. The summed E-state index contributed by atoms with van der Waals surface area (Å²) in [4.78, 5) is 34.3. The highest BCUT2D eigenvalue weighted by molar-refractivity contribution is 6.10. The van der Waals surface area contributed by atoms with Crippen molar-refractivity contribution in [2.24, 2.45) is 5.92 Å². The van der Waals surface area contributed by atoms with Crippen LogP contribution in [0.3, 0.4) is 0 Å². The number of H-pyrrole nitrogens is 1. The topological polar surface area (TPSA) is 87.3 Å². The maximum atomic E-state index is 14.4. The van der Waals surface area contributed by atoms with Gasteiger partial charge in [-0.1, -0.05) is 13.8 Å². The molecule has 2 amide bonds. The zero-order chi connectivity index (χ0) is 18.4. The first-order valence-corrected chi connectivity index (χ1v) is 8.81. The van der Waals surface area contributed by atoms with Gasteiger partial charge in [0.05, 0.1) is 31.0 Å². The van der Waals surface area contributed by atoms with Crippen LogP contribution in [0.15, 0.2) is 12.4 Å². The third-order valence-corrected chi connectivity index (χ3v) is 5.09.